The molecule has 1 aromatic carbocycles. The molecule has 0 saturated heterocycles. The van der Waals surface area contributed by atoms with Crippen LogP contribution >= 0.6 is 15.9 Å². The van der Waals surface area contributed by atoms with Crippen molar-refractivity contribution in [2.45, 2.75) is 0 Å². The number of methoxy groups -OCH3 is 1. The molecule has 0 aliphatic heterocycles. The first-order valence-corrected chi connectivity index (χ1v) is 6.08. The monoisotopic (exact) mass is 304 g/mol. The highest BCUT2D eigenvalue weighted by atomic mass is 79.9. The zero-order valence-corrected chi connectivity index (χ0v) is 11.1. The Morgan fingerprint density at radius 2 is 2.11 bits per heavy atom. The van der Waals surface area contributed by atoms with Gasteiger partial charge in [-0.1, -0.05) is 0 Å². The van der Waals surface area contributed by atoms with Crippen LogP contribution in [0.25, 0.3) is 16.9 Å². The Morgan fingerprint density at radius 1 is 1.22 bits per heavy atom. The topological polar surface area (TPSA) is 52.3 Å². The Labute approximate surface area is 112 Å². The lowest BCUT2D eigenvalue weighted by Gasteiger charge is -2.06. The number of benzene rings is 1. The first-order chi connectivity index (χ1) is 8.78. The number of aromatic nitrogens is 4. The summed E-state index contributed by atoms with van der Waals surface area (Å²) < 4.78 is 7.74. The van der Waals surface area contributed by atoms with Gasteiger partial charge in [0.15, 0.2) is 5.65 Å². The lowest BCUT2D eigenvalue weighted by Crippen LogP contribution is -1.93. The third-order valence-corrected chi connectivity index (χ3v) is 3.23. The van der Waals surface area contributed by atoms with E-state index in [2.05, 4.69) is 31.2 Å². The number of ether oxygens (including phenoxy) is 1. The minimum Gasteiger partial charge on any atom is -0.496 e. The van der Waals surface area contributed by atoms with Gasteiger partial charge in [0.25, 0.3) is 0 Å². The first-order valence-electron chi connectivity index (χ1n) is 5.29. The predicted octanol–water partition coefficient (Wildman–Crippen LogP) is 2.56. The summed E-state index contributed by atoms with van der Waals surface area (Å²) in [7, 11) is 1.64. The molecule has 0 amide bonds. The van der Waals surface area contributed by atoms with Crippen LogP contribution in [-0.2, 0) is 0 Å². The van der Waals surface area contributed by atoms with Crippen LogP contribution in [0.15, 0.2) is 41.1 Å². The Kier molecular flexibility index (Phi) is 2.71. The van der Waals surface area contributed by atoms with Gasteiger partial charge < -0.3 is 4.74 Å². The van der Waals surface area contributed by atoms with Gasteiger partial charge in [-0.15, -0.1) is 10.2 Å². The predicted molar refractivity (Wildman–Crippen MR) is 70.5 cm³/mol. The molecule has 0 spiro atoms. The van der Waals surface area contributed by atoms with E-state index < -0.39 is 0 Å². The highest BCUT2D eigenvalue weighted by Gasteiger charge is 2.06. The summed E-state index contributed by atoms with van der Waals surface area (Å²) in [6.07, 6.45) is 1.58. The summed E-state index contributed by atoms with van der Waals surface area (Å²) in [5.74, 6) is 0.795. The van der Waals surface area contributed by atoms with Gasteiger partial charge in [-0.2, -0.15) is 9.61 Å². The fraction of sp³-hybridized carbons (Fsp3) is 0.0833. The van der Waals surface area contributed by atoms with Gasteiger partial charge >= 0.3 is 0 Å². The molecule has 0 bridgehead atoms. The highest BCUT2D eigenvalue weighted by molar-refractivity contribution is 9.10. The highest BCUT2D eigenvalue weighted by Crippen LogP contribution is 2.29. The van der Waals surface area contributed by atoms with Crippen molar-refractivity contribution >= 4 is 21.6 Å². The van der Waals surface area contributed by atoms with Gasteiger partial charge in [-0.3, -0.25) is 0 Å². The summed E-state index contributed by atoms with van der Waals surface area (Å²) in [5.41, 5.74) is 2.58. The molecule has 3 aromatic rings. The zero-order valence-electron chi connectivity index (χ0n) is 9.54. The maximum Gasteiger partial charge on any atom is 0.177 e. The number of nitrogens with zero attached hydrogens (tertiary/aromatic N) is 4. The van der Waals surface area contributed by atoms with Crippen LogP contribution in [0.1, 0.15) is 0 Å². The minimum atomic E-state index is 0.728. The largest absolute Gasteiger partial charge is 0.496 e. The average molecular weight is 305 g/mol. The SMILES string of the molecule is COc1ccc(-c2ccc3nncn3n2)cc1Br. The first kappa shape index (κ1) is 11.2. The molecule has 2 heterocycles. The maximum atomic E-state index is 5.20. The number of hydrogen-bond donors (Lipinski definition) is 0. The van der Waals surface area contributed by atoms with Gasteiger partial charge in [-0.25, -0.2) is 0 Å². The van der Waals surface area contributed by atoms with Crippen molar-refractivity contribution in [1.82, 2.24) is 19.8 Å². The van der Waals surface area contributed by atoms with Crippen molar-refractivity contribution in [3.8, 4) is 17.0 Å². The normalized spacial score (nSPS) is 10.8. The van der Waals surface area contributed by atoms with Crippen LogP contribution in [0.2, 0.25) is 0 Å². The molecule has 0 unspecified atom stereocenters. The molecule has 5 nitrogen and oxygen atoms in total. The Bertz CT molecular complexity index is 710. The second-order valence-electron chi connectivity index (χ2n) is 3.70. The smallest absolute Gasteiger partial charge is 0.177 e. The molecular weight excluding hydrogens is 296 g/mol. The van der Waals surface area contributed by atoms with Crippen LogP contribution in [-0.4, -0.2) is 26.9 Å². The Balaban J connectivity index is 2.10. The van der Waals surface area contributed by atoms with E-state index in [9.17, 15) is 0 Å². The van der Waals surface area contributed by atoms with E-state index in [-0.39, 0.29) is 0 Å². The fourth-order valence-corrected chi connectivity index (χ4v) is 2.25. The number of rotatable bonds is 2. The molecule has 18 heavy (non-hydrogen) atoms. The molecule has 0 saturated carbocycles. The fourth-order valence-electron chi connectivity index (χ4n) is 1.71. The number of hydrogen-bond acceptors (Lipinski definition) is 4. The molecule has 0 fully saturated rings. The number of fused-ring (bicyclic) bond motifs is 1. The van der Waals surface area contributed by atoms with Crippen LogP contribution < -0.4 is 4.74 Å². The second kappa shape index (κ2) is 4.38. The van der Waals surface area contributed by atoms with E-state index in [1.807, 2.05) is 30.3 Å². The molecule has 0 atom stereocenters. The van der Waals surface area contributed by atoms with Gasteiger partial charge in [0.2, 0.25) is 0 Å². The van der Waals surface area contributed by atoms with E-state index in [1.165, 1.54) is 0 Å². The van der Waals surface area contributed by atoms with Crippen molar-refractivity contribution < 1.29 is 4.74 Å². The van der Waals surface area contributed by atoms with Crippen LogP contribution in [0.3, 0.4) is 0 Å². The van der Waals surface area contributed by atoms with Gasteiger partial charge in [-0.05, 0) is 46.3 Å². The summed E-state index contributed by atoms with van der Waals surface area (Å²) in [6, 6.07) is 9.63. The van der Waals surface area contributed by atoms with Crippen molar-refractivity contribution in [3.63, 3.8) is 0 Å². The van der Waals surface area contributed by atoms with E-state index in [0.717, 1.165) is 27.1 Å². The van der Waals surface area contributed by atoms with Gasteiger partial charge in [0.1, 0.15) is 12.1 Å². The third-order valence-electron chi connectivity index (χ3n) is 2.61. The van der Waals surface area contributed by atoms with Crippen LogP contribution in [0.5, 0.6) is 5.75 Å². The molecular formula is C12H9BrN4O. The average Bonchev–Trinajstić information content (AvgIpc) is 2.85. The second-order valence-corrected chi connectivity index (χ2v) is 4.56. The van der Waals surface area contributed by atoms with Gasteiger partial charge in [0.05, 0.1) is 17.3 Å². The quantitative estimate of drug-likeness (QED) is 0.730. The molecule has 0 radical (unpaired) electrons. The molecule has 0 aliphatic rings. The lowest BCUT2D eigenvalue weighted by atomic mass is 10.1. The van der Waals surface area contributed by atoms with Crippen LogP contribution in [0, 0.1) is 0 Å². The molecule has 3 rings (SSSR count). The van der Waals surface area contributed by atoms with E-state index in [0.29, 0.717) is 0 Å². The minimum absolute atomic E-state index is 0.728. The summed E-state index contributed by atoms with van der Waals surface area (Å²) in [6.45, 7) is 0. The standard InChI is InChI=1S/C12H9BrN4O/c1-18-11-4-2-8(6-9(11)13)10-3-5-12-15-14-7-17(12)16-10/h2-7H,1H3. The molecule has 6 heteroatoms. The summed E-state index contributed by atoms with van der Waals surface area (Å²) in [4.78, 5) is 0. The molecule has 0 N–H and O–H groups in total. The summed E-state index contributed by atoms with van der Waals surface area (Å²) >= 11 is 3.46. The summed E-state index contributed by atoms with van der Waals surface area (Å²) in [5, 5.41) is 12.2. The molecule has 0 aliphatic carbocycles. The van der Waals surface area contributed by atoms with E-state index in [4.69, 9.17) is 4.74 Å². The Hall–Kier alpha value is -1.95. The molecule has 2 aromatic heterocycles. The molecule has 90 valence electrons. The number of halogens is 1. The zero-order chi connectivity index (χ0) is 12.5. The van der Waals surface area contributed by atoms with Gasteiger partial charge in [0, 0.05) is 5.56 Å². The lowest BCUT2D eigenvalue weighted by molar-refractivity contribution is 0.412. The van der Waals surface area contributed by atoms with Crippen molar-refractivity contribution in [2.24, 2.45) is 0 Å². The third kappa shape index (κ3) is 1.84. The van der Waals surface area contributed by atoms with E-state index in [1.54, 1.807) is 18.0 Å². The van der Waals surface area contributed by atoms with Crippen LogP contribution in [0.4, 0.5) is 0 Å². The van der Waals surface area contributed by atoms with Crippen molar-refractivity contribution in [3.05, 3.63) is 41.1 Å². The van der Waals surface area contributed by atoms with E-state index >= 15 is 0 Å². The Morgan fingerprint density at radius 3 is 2.89 bits per heavy atom. The maximum absolute atomic E-state index is 5.20. The van der Waals surface area contributed by atoms with Crippen molar-refractivity contribution in [2.75, 3.05) is 7.11 Å². The van der Waals surface area contributed by atoms with Crippen molar-refractivity contribution in [1.29, 1.82) is 0 Å².